The normalized spacial score (nSPS) is 17.4. The molecule has 4 nitrogen and oxygen atoms in total. The first-order chi connectivity index (χ1) is 8.65. The number of rotatable bonds is 4. The lowest BCUT2D eigenvalue weighted by Gasteiger charge is -2.10. The van der Waals surface area contributed by atoms with E-state index in [0.29, 0.717) is 10.8 Å². The topological polar surface area (TPSA) is 58.6 Å². The molecule has 0 bridgehead atoms. The molecule has 0 aromatic heterocycles. The zero-order valence-electron chi connectivity index (χ0n) is 10.2. The minimum Gasteiger partial charge on any atom is -0.482 e. The summed E-state index contributed by atoms with van der Waals surface area (Å²) in [5.74, 6) is 0.573. The number of ether oxygens (including phenoxy) is 1. The molecule has 0 heterocycles. The fraction of sp³-hybridized carbons (Fsp3) is 0.462. The van der Waals surface area contributed by atoms with Crippen LogP contribution >= 0.6 is 11.6 Å². The Hall–Kier alpha value is -1.26. The molecule has 0 spiro atoms. The van der Waals surface area contributed by atoms with Crippen LogP contribution in [0, 0.1) is 5.92 Å². The molecule has 1 aromatic rings. The van der Waals surface area contributed by atoms with E-state index in [1.54, 1.807) is 13.1 Å². The summed E-state index contributed by atoms with van der Waals surface area (Å²) in [6.07, 6.45) is 1.61. The Bertz CT molecular complexity index is 462. The molecule has 0 aliphatic heterocycles. The predicted octanol–water partition coefficient (Wildman–Crippen LogP) is 1.17. The van der Waals surface area contributed by atoms with E-state index in [-0.39, 0.29) is 25.0 Å². The molecule has 0 saturated carbocycles. The van der Waals surface area contributed by atoms with Crippen molar-refractivity contribution in [3.05, 3.63) is 28.3 Å². The van der Waals surface area contributed by atoms with Crippen LogP contribution in [0.3, 0.4) is 0 Å². The van der Waals surface area contributed by atoms with E-state index < -0.39 is 0 Å². The van der Waals surface area contributed by atoms with Crippen LogP contribution in [0.15, 0.2) is 12.1 Å². The first-order valence-electron chi connectivity index (χ1n) is 5.90. The molecule has 0 radical (unpaired) electrons. The molecule has 1 aliphatic carbocycles. The Morgan fingerprint density at radius 3 is 3.00 bits per heavy atom. The van der Waals surface area contributed by atoms with Crippen molar-refractivity contribution in [2.24, 2.45) is 5.92 Å². The number of halogens is 1. The zero-order chi connectivity index (χ0) is 13.1. The number of hydrogen-bond acceptors (Lipinski definition) is 3. The van der Waals surface area contributed by atoms with Crippen molar-refractivity contribution in [2.75, 3.05) is 20.3 Å². The predicted molar refractivity (Wildman–Crippen MR) is 69.0 cm³/mol. The lowest BCUT2D eigenvalue weighted by molar-refractivity contribution is -0.122. The highest BCUT2D eigenvalue weighted by molar-refractivity contribution is 6.33. The van der Waals surface area contributed by atoms with Crippen molar-refractivity contribution >= 4 is 17.5 Å². The van der Waals surface area contributed by atoms with Gasteiger partial charge in [-0.3, -0.25) is 4.79 Å². The number of aliphatic hydroxyl groups excluding tert-OH is 1. The van der Waals surface area contributed by atoms with Gasteiger partial charge in [0.25, 0.3) is 5.91 Å². The number of hydrogen-bond donors (Lipinski definition) is 2. The van der Waals surface area contributed by atoms with E-state index in [2.05, 4.69) is 5.32 Å². The van der Waals surface area contributed by atoms with Gasteiger partial charge >= 0.3 is 0 Å². The molecule has 0 saturated heterocycles. The van der Waals surface area contributed by atoms with Crippen LogP contribution in [0.5, 0.6) is 5.75 Å². The van der Waals surface area contributed by atoms with Gasteiger partial charge in [-0.05, 0) is 36.0 Å². The third kappa shape index (κ3) is 2.60. The molecule has 1 unspecified atom stereocenters. The molecule has 1 amide bonds. The van der Waals surface area contributed by atoms with Gasteiger partial charge in [-0.15, -0.1) is 0 Å². The van der Waals surface area contributed by atoms with E-state index in [1.165, 1.54) is 0 Å². The van der Waals surface area contributed by atoms with Crippen LogP contribution in [-0.4, -0.2) is 31.3 Å². The second-order valence-electron chi connectivity index (χ2n) is 4.43. The second-order valence-corrected chi connectivity index (χ2v) is 4.81. The van der Waals surface area contributed by atoms with Gasteiger partial charge < -0.3 is 15.2 Å². The van der Waals surface area contributed by atoms with Gasteiger partial charge in [0.05, 0.1) is 5.02 Å². The van der Waals surface area contributed by atoms with Gasteiger partial charge in [0.15, 0.2) is 6.61 Å². The van der Waals surface area contributed by atoms with Crippen molar-refractivity contribution < 1.29 is 14.6 Å². The molecule has 0 fully saturated rings. The zero-order valence-corrected chi connectivity index (χ0v) is 11.0. The van der Waals surface area contributed by atoms with E-state index in [9.17, 15) is 9.90 Å². The van der Waals surface area contributed by atoms with Crippen LogP contribution in [0.2, 0.25) is 5.02 Å². The molecule has 18 heavy (non-hydrogen) atoms. The fourth-order valence-corrected chi connectivity index (χ4v) is 2.50. The Kier molecular flexibility index (Phi) is 4.09. The quantitative estimate of drug-likeness (QED) is 0.863. The molecule has 2 N–H and O–H groups in total. The Morgan fingerprint density at radius 1 is 1.56 bits per heavy atom. The molecular weight excluding hydrogens is 254 g/mol. The second kappa shape index (κ2) is 5.59. The number of carbonyl (C=O) groups is 1. The van der Waals surface area contributed by atoms with Crippen molar-refractivity contribution in [1.82, 2.24) is 5.32 Å². The summed E-state index contributed by atoms with van der Waals surface area (Å²) in [7, 11) is 1.56. The lowest BCUT2D eigenvalue weighted by atomic mass is 10.1. The van der Waals surface area contributed by atoms with Crippen LogP contribution in [-0.2, 0) is 17.6 Å². The van der Waals surface area contributed by atoms with Crippen molar-refractivity contribution in [2.45, 2.75) is 12.8 Å². The highest BCUT2D eigenvalue weighted by atomic mass is 35.5. The maximum absolute atomic E-state index is 11.1. The third-order valence-electron chi connectivity index (χ3n) is 3.20. The maximum atomic E-state index is 11.1. The maximum Gasteiger partial charge on any atom is 0.257 e. The first kappa shape index (κ1) is 13.2. The molecular formula is C13H16ClNO3. The number of benzene rings is 1. The standard InChI is InChI=1S/C13H16ClNO3/c1-15-12(17)7-18-11-3-2-9-4-8(6-16)5-10(9)13(11)14/h2-3,8,16H,4-7H2,1H3,(H,15,17). The van der Waals surface area contributed by atoms with E-state index in [1.807, 2.05) is 6.07 Å². The van der Waals surface area contributed by atoms with Crippen LogP contribution in [0.1, 0.15) is 11.1 Å². The number of fused-ring (bicyclic) bond motifs is 1. The molecule has 2 rings (SSSR count). The Balaban J connectivity index is 2.13. The Labute approximate surface area is 111 Å². The van der Waals surface area contributed by atoms with Crippen molar-refractivity contribution in [3.63, 3.8) is 0 Å². The van der Waals surface area contributed by atoms with Crippen molar-refractivity contribution in [3.8, 4) is 5.75 Å². The van der Waals surface area contributed by atoms with Gasteiger partial charge in [-0.25, -0.2) is 0 Å². The van der Waals surface area contributed by atoms with Gasteiger partial charge in [0, 0.05) is 13.7 Å². The van der Waals surface area contributed by atoms with Gasteiger partial charge in [-0.2, -0.15) is 0 Å². The smallest absolute Gasteiger partial charge is 0.257 e. The van der Waals surface area contributed by atoms with Crippen molar-refractivity contribution in [1.29, 1.82) is 0 Å². The molecule has 98 valence electrons. The Morgan fingerprint density at radius 2 is 2.33 bits per heavy atom. The molecule has 5 heteroatoms. The molecule has 1 atom stereocenters. The average molecular weight is 270 g/mol. The fourth-order valence-electron chi connectivity index (χ4n) is 2.18. The number of nitrogens with one attached hydrogen (secondary N) is 1. The number of aliphatic hydroxyl groups is 1. The monoisotopic (exact) mass is 269 g/mol. The largest absolute Gasteiger partial charge is 0.482 e. The summed E-state index contributed by atoms with van der Waals surface area (Å²) in [6.45, 7) is 0.123. The summed E-state index contributed by atoms with van der Waals surface area (Å²) in [4.78, 5) is 11.1. The van der Waals surface area contributed by atoms with E-state index in [4.69, 9.17) is 16.3 Å². The first-order valence-corrected chi connectivity index (χ1v) is 6.28. The molecule has 1 aromatic carbocycles. The van der Waals surface area contributed by atoms with Gasteiger partial charge in [0.1, 0.15) is 5.75 Å². The number of amides is 1. The number of likely N-dealkylation sites (N-methyl/N-ethyl adjacent to an activating group) is 1. The van der Waals surface area contributed by atoms with Gasteiger partial charge in [0.2, 0.25) is 0 Å². The lowest BCUT2D eigenvalue weighted by Crippen LogP contribution is -2.24. The van der Waals surface area contributed by atoms with Gasteiger partial charge in [-0.1, -0.05) is 17.7 Å². The third-order valence-corrected chi connectivity index (χ3v) is 3.62. The molecule has 1 aliphatic rings. The van der Waals surface area contributed by atoms with Crippen LogP contribution in [0.25, 0.3) is 0 Å². The highest BCUT2D eigenvalue weighted by Crippen LogP contribution is 2.37. The summed E-state index contributed by atoms with van der Waals surface area (Å²) in [5.41, 5.74) is 2.19. The summed E-state index contributed by atoms with van der Waals surface area (Å²) >= 11 is 6.26. The van der Waals surface area contributed by atoms with E-state index >= 15 is 0 Å². The number of carbonyl (C=O) groups excluding carboxylic acids is 1. The summed E-state index contributed by atoms with van der Waals surface area (Å²) in [5, 5.41) is 12.2. The summed E-state index contributed by atoms with van der Waals surface area (Å²) in [6, 6.07) is 3.74. The SMILES string of the molecule is CNC(=O)COc1ccc2c(c1Cl)CC(CO)C2. The van der Waals surface area contributed by atoms with Crippen LogP contribution in [0.4, 0.5) is 0 Å². The minimum absolute atomic E-state index is 0.0432. The van der Waals surface area contributed by atoms with E-state index in [0.717, 1.165) is 24.0 Å². The summed E-state index contributed by atoms with van der Waals surface area (Å²) < 4.78 is 5.38. The van der Waals surface area contributed by atoms with Crippen LogP contribution < -0.4 is 10.1 Å². The average Bonchev–Trinajstić information content (AvgIpc) is 2.81. The highest BCUT2D eigenvalue weighted by Gasteiger charge is 2.24. The minimum atomic E-state index is -0.195.